The van der Waals surface area contributed by atoms with Gasteiger partial charge in [-0.25, -0.2) is 4.79 Å². The van der Waals surface area contributed by atoms with E-state index < -0.39 is 5.97 Å². The maximum Gasteiger partial charge on any atom is 0.331 e. The van der Waals surface area contributed by atoms with Gasteiger partial charge in [0.15, 0.2) is 0 Å². The molecule has 0 saturated carbocycles. The Bertz CT molecular complexity index is 559. The molecule has 1 N–H and O–H groups in total. The van der Waals surface area contributed by atoms with Gasteiger partial charge < -0.3 is 5.11 Å². The maximum atomic E-state index is 11.2. The van der Waals surface area contributed by atoms with Gasteiger partial charge in [-0.2, -0.15) is 0 Å². The summed E-state index contributed by atoms with van der Waals surface area (Å²) in [6, 6.07) is 5.69. The summed E-state index contributed by atoms with van der Waals surface area (Å²) in [5, 5.41) is 10.3. The fourth-order valence-corrected chi connectivity index (χ4v) is 3.05. The Labute approximate surface area is 135 Å². The average Bonchev–Trinajstić information content (AvgIpc) is 2.45. The molecule has 1 aliphatic rings. The van der Waals surface area contributed by atoms with Crippen LogP contribution in [0.1, 0.15) is 31.7 Å². The van der Waals surface area contributed by atoms with Crippen molar-refractivity contribution in [1.82, 2.24) is 4.90 Å². The molecule has 1 aromatic rings. The van der Waals surface area contributed by atoms with E-state index in [1.807, 2.05) is 25.1 Å². The van der Waals surface area contributed by atoms with Crippen LogP contribution in [0.2, 0.25) is 10.0 Å². The van der Waals surface area contributed by atoms with Crippen LogP contribution in [0, 0.1) is 0 Å². The zero-order valence-corrected chi connectivity index (χ0v) is 13.5. The van der Waals surface area contributed by atoms with Crippen LogP contribution in [0.4, 0.5) is 0 Å². The molecule has 0 spiro atoms. The van der Waals surface area contributed by atoms with E-state index in [2.05, 4.69) is 4.90 Å². The van der Waals surface area contributed by atoms with Crippen molar-refractivity contribution in [2.45, 2.75) is 32.7 Å². The molecule has 1 fully saturated rings. The highest BCUT2D eigenvalue weighted by Gasteiger charge is 2.19. The molecule has 0 radical (unpaired) electrons. The van der Waals surface area contributed by atoms with Crippen molar-refractivity contribution < 1.29 is 9.90 Å². The fraction of sp³-hybridized carbons (Fsp3) is 0.438. The van der Waals surface area contributed by atoms with Gasteiger partial charge in [-0.1, -0.05) is 41.8 Å². The molecule has 0 unspecified atom stereocenters. The molecule has 114 valence electrons. The Morgan fingerprint density at radius 3 is 2.43 bits per heavy atom. The number of rotatable bonds is 4. The number of hydrogen-bond acceptors (Lipinski definition) is 2. The van der Waals surface area contributed by atoms with Crippen LogP contribution < -0.4 is 0 Å². The summed E-state index contributed by atoms with van der Waals surface area (Å²) in [6.07, 6.45) is 2.26. The summed E-state index contributed by atoms with van der Waals surface area (Å²) < 4.78 is 0. The SMILES string of the molecule is CCC(C(=O)O)=C1CCN(Cc2ccc(Cl)c(Cl)c2)CC1. The summed E-state index contributed by atoms with van der Waals surface area (Å²) in [7, 11) is 0. The van der Waals surface area contributed by atoms with Gasteiger partial charge in [-0.3, -0.25) is 4.90 Å². The van der Waals surface area contributed by atoms with Gasteiger partial charge in [0, 0.05) is 25.2 Å². The van der Waals surface area contributed by atoms with E-state index in [0.717, 1.165) is 43.6 Å². The largest absolute Gasteiger partial charge is 0.478 e. The second-order valence-corrected chi connectivity index (χ2v) is 6.08. The monoisotopic (exact) mass is 327 g/mol. The molecule has 2 rings (SSSR count). The predicted octanol–water partition coefficient (Wildman–Crippen LogP) is 4.38. The first-order chi connectivity index (χ1) is 10.0. The van der Waals surface area contributed by atoms with Crippen molar-refractivity contribution >= 4 is 29.2 Å². The molecule has 0 amide bonds. The summed E-state index contributed by atoms with van der Waals surface area (Å²) in [4.78, 5) is 13.5. The number of likely N-dealkylation sites (tertiary alicyclic amines) is 1. The standard InChI is InChI=1S/C16H19Cl2NO2/c1-2-13(16(20)21)12-5-7-19(8-6-12)10-11-3-4-14(17)15(18)9-11/h3-4,9H,2,5-8,10H2,1H3,(H,20,21). The average molecular weight is 328 g/mol. The van der Waals surface area contributed by atoms with Crippen LogP contribution in [0.3, 0.4) is 0 Å². The number of aliphatic carboxylic acids is 1. The van der Waals surface area contributed by atoms with Gasteiger partial charge in [0.05, 0.1) is 10.0 Å². The zero-order chi connectivity index (χ0) is 15.4. The van der Waals surface area contributed by atoms with Crippen molar-refractivity contribution in [2.75, 3.05) is 13.1 Å². The van der Waals surface area contributed by atoms with Gasteiger partial charge >= 0.3 is 5.97 Å². The van der Waals surface area contributed by atoms with Crippen LogP contribution in [-0.2, 0) is 11.3 Å². The quantitative estimate of drug-likeness (QED) is 0.834. The molecule has 0 bridgehead atoms. The Kier molecular flexibility index (Phi) is 5.68. The van der Waals surface area contributed by atoms with Gasteiger partial charge in [0.2, 0.25) is 0 Å². The summed E-state index contributed by atoms with van der Waals surface area (Å²) in [6.45, 7) is 4.48. The topological polar surface area (TPSA) is 40.5 Å². The molecule has 21 heavy (non-hydrogen) atoms. The van der Waals surface area contributed by atoms with Gasteiger partial charge in [-0.05, 0) is 37.0 Å². The van der Waals surface area contributed by atoms with E-state index in [1.165, 1.54) is 0 Å². The lowest BCUT2D eigenvalue weighted by Crippen LogP contribution is -2.31. The fourth-order valence-electron chi connectivity index (χ4n) is 2.73. The molecule has 1 heterocycles. The molecule has 0 aliphatic carbocycles. The Hall–Kier alpha value is -1.03. The molecule has 0 aromatic heterocycles. The summed E-state index contributed by atoms with van der Waals surface area (Å²) >= 11 is 11.9. The highest BCUT2D eigenvalue weighted by molar-refractivity contribution is 6.42. The first kappa shape index (κ1) is 16.3. The van der Waals surface area contributed by atoms with E-state index >= 15 is 0 Å². The van der Waals surface area contributed by atoms with E-state index in [0.29, 0.717) is 22.0 Å². The molecule has 5 heteroatoms. The second-order valence-electron chi connectivity index (χ2n) is 5.27. The second kappa shape index (κ2) is 7.30. The molecule has 1 aliphatic heterocycles. The first-order valence-electron chi connectivity index (χ1n) is 7.11. The minimum atomic E-state index is -0.773. The third kappa shape index (κ3) is 4.22. The number of benzene rings is 1. The number of nitrogens with zero attached hydrogens (tertiary/aromatic N) is 1. The Morgan fingerprint density at radius 1 is 1.24 bits per heavy atom. The van der Waals surface area contributed by atoms with Gasteiger partial charge in [-0.15, -0.1) is 0 Å². The number of hydrogen-bond donors (Lipinski definition) is 1. The van der Waals surface area contributed by atoms with Gasteiger partial charge in [0.25, 0.3) is 0 Å². The number of carboxylic acids is 1. The van der Waals surface area contributed by atoms with Crippen molar-refractivity contribution in [1.29, 1.82) is 0 Å². The lowest BCUT2D eigenvalue weighted by atomic mass is 9.96. The number of halogens is 2. The molecule has 1 aromatic carbocycles. The van der Waals surface area contributed by atoms with E-state index in [9.17, 15) is 9.90 Å². The van der Waals surface area contributed by atoms with Crippen LogP contribution in [0.15, 0.2) is 29.3 Å². The minimum Gasteiger partial charge on any atom is -0.478 e. The van der Waals surface area contributed by atoms with Crippen LogP contribution in [-0.4, -0.2) is 29.1 Å². The lowest BCUT2D eigenvalue weighted by Gasteiger charge is -2.29. The molecule has 3 nitrogen and oxygen atoms in total. The first-order valence-corrected chi connectivity index (χ1v) is 7.87. The Balaban J connectivity index is 1.98. The van der Waals surface area contributed by atoms with Crippen molar-refractivity contribution in [3.05, 3.63) is 45.0 Å². The minimum absolute atomic E-state index is 0.568. The Morgan fingerprint density at radius 2 is 1.90 bits per heavy atom. The van der Waals surface area contributed by atoms with Crippen molar-refractivity contribution in [3.8, 4) is 0 Å². The number of carbonyl (C=O) groups is 1. The van der Waals surface area contributed by atoms with E-state index in [1.54, 1.807) is 0 Å². The normalized spacial score (nSPS) is 16.0. The van der Waals surface area contributed by atoms with Gasteiger partial charge in [0.1, 0.15) is 0 Å². The number of piperidine rings is 1. The van der Waals surface area contributed by atoms with Crippen LogP contribution >= 0.6 is 23.2 Å². The molecular weight excluding hydrogens is 309 g/mol. The molecule has 1 saturated heterocycles. The van der Waals surface area contributed by atoms with Crippen LogP contribution in [0.5, 0.6) is 0 Å². The molecular formula is C16H19Cl2NO2. The zero-order valence-electron chi connectivity index (χ0n) is 12.0. The van der Waals surface area contributed by atoms with E-state index in [-0.39, 0.29) is 0 Å². The van der Waals surface area contributed by atoms with Crippen molar-refractivity contribution in [2.24, 2.45) is 0 Å². The highest BCUT2D eigenvalue weighted by atomic mass is 35.5. The third-order valence-corrected chi connectivity index (χ3v) is 4.63. The molecule has 0 atom stereocenters. The van der Waals surface area contributed by atoms with Crippen molar-refractivity contribution in [3.63, 3.8) is 0 Å². The predicted molar refractivity (Wildman–Crippen MR) is 85.9 cm³/mol. The maximum absolute atomic E-state index is 11.2. The highest BCUT2D eigenvalue weighted by Crippen LogP contribution is 2.26. The number of carboxylic acid groups (broad SMARTS) is 1. The smallest absolute Gasteiger partial charge is 0.331 e. The van der Waals surface area contributed by atoms with E-state index in [4.69, 9.17) is 23.2 Å². The lowest BCUT2D eigenvalue weighted by molar-refractivity contribution is -0.132. The third-order valence-electron chi connectivity index (χ3n) is 3.89. The summed E-state index contributed by atoms with van der Waals surface area (Å²) in [5.74, 6) is -0.773. The summed E-state index contributed by atoms with van der Waals surface area (Å²) in [5.41, 5.74) is 2.81. The van der Waals surface area contributed by atoms with Crippen LogP contribution in [0.25, 0.3) is 0 Å².